The molecule has 0 aliphatic rings. The second-order valence-electron chi connectivity index (χ2n) is 3.79. The molecular weight excluding hydrogens is 263 g/mol. The lowest BCUT2D eigenvalue weighted by atomic mass is 10.3. The zero-order valence-corrected chi connectivity index (χ0v) is 11.2. The number of halogens is 1. The van der Waals surface area contributed by atoms with Crippen LogP contribution in [0.4, 0.5) is 22.0 Å². The van der Waals surface area contributed by atoms with E-state index in [1.807, 2.05) is 6.92 Å². The van der Waals surface area contributed by atoms with E-state index in [2.05, 4.69) is 20.4 Å². The molecule has 2 rings (SSSR count). The van der Waals surface area contributed by atoms with Gasteiger partial charge < -0.3 is 9.64 Å². The quantitative estimate of drug-likeness (QED) is 0.632. The van der Waals surface area contributed by atoms with Crippen LogP contribution in [0.3, 0.4) is 0 Å². The lowest BCUT2D eigenvalue weighted by Gasteiger charge is -2.21. The van der Waals surface area contributed by atoms with Gasteiger partial charge in [0.1, 0.15) is 5.82 Å². The van der Waals surface area contributed by atoms with Gasteiger partial charge in [-0.2, -0.15) is 15.0 Å². The summed E-state index contributed by atoms with van der Waals surface area (Å²) in [4.78, 5) is 13.7. The van der Waals surface area contributed by atoms with Crippen LogP contribution in [0.2, 0.25) is 0 Å². The summed E-state index contributed by atoms with van der Waals surface area (Å²) in [6.45, 7) is 2.33. The van der Waals surface area contributed by atoms with Crippen molar-refractivity contribution in [2.24, 2.45) is 5.84 Å². The van der Waals surface area contributed by atoms with Gasteiger partial charge in [-0.3, -0.25) is 5.43 Å². The van der Waals surface area contributed by atoms with E-state index < -0.39 is 0 Å². The second-order valence-corrected chi connectivity index (χ2v) is 3.79. The number of nitrogens with one attached hydrogen (secondary N) is 1. The van der Waals surface area contributed by atoms with Crippen molar-refractivity contribution in [2.75, 3.05) is 24.0 Å². The number of hydrogen-bond donors (Lipinski definition) is 2. The maximum Gasteiger partial charge on any atom is 0.322 e. The summed E-state index contributed by atoms with van der Waals surface area (Å²) in [5.74, 6) is 5.32. The minimum Gasteiger partial charge on any atom is -0.467 e. The Kier molecular flexibility index (Phi) is 4.26. The highest BCUT2D eigenvalue weighted by Gasteiger charge is 2.16. The third kappa shape index (κ3) is 2.75. The van der Waals surface area contributed by atoms with E-state index >= 15 is 0 Å². The van der Waals surface area contributed by atoms with Crippen molar-refractivity contribution in [1.82, 2.24) is 15.0 Å². The standard InChI is InChI=1S/C12H15FN6O/c1-3-19(9-7-5-4-6-8(9)13)11-15-10(18-14)16-12(17-11)20-2/h4-7H,3,14H2,1-2H3,(H,15,16,17,18). The number of methoxy groups -OCH3 is 1. The number of para-hydroxylation sites is 1. The Morgan fingerprint density at radius 3 is 2.65 bits per heavy atom. The Morgan fingerprint density at radius 1 is 1.30 bits per heavy atom. The summed E-state index contributed by atoms with van der Waals surface area (Å²) >= 11 is 0. The third-order valence-electron chi connectivity index (χ3n) is 2.62. The van der Waals surface area contributed by atoms with E-state index in [1.165, 1.54) is 13.2 Å². The fourth-order valence-electron chi connectivity index (χ4n) is 1.71. The van der Waals surface area contributed by atoms with Gasteiger partial charge in [0.15, 0.2) is 0 Å². The van der Waals surface area contributed by atoms with Crippen molar-refractivity contribution in [2.45, 2.75) is 6.92 Å². The molecule has 0 saturated heterocycles. The van der Waals surface area contributed by atoms with E-state index in [-0.39, 0.29) is 23.7 Å². The van der Waals surface area contributed by atoms with Crippen molar-refractivity contribution in [1.29, 1.82) is 0 Å². The number of rotatable bonds is 5. The number of hydrazine groups is 1. The predicted octanol–water partition coefficient (Wildman–Crippen LogP) is 1.46. The zero-order valence-electron chi connectivity index (χ0n) is 11.2. The van der Waals surface area contributed by atoms with Crippen LogP contribution in [0.15, 0.2) is 24.3 Å². The Bertz CT molecular complexity index is 572. The molecule has 0 bridgehead atoms. The summed E-state index contributed by atoms with van der Waals surface area (Å²) in [6.07, 6.45) is 0. The molecule has 8 heteroatoms. The molecule has 0 radical (unpaired) electrons. The average Bonchev–Trinajstić information content (AvgIpc) is 2.49. The van der Waals surface area contributed by atoms with E-state index in [9.17, 15) is 4.39 Å². The molecule has 0 aliphatic carbocycles. The smallest absolute Gasteiger partial charge is 0.322 e. The van der Waals surface area contributed by atoms with Crippen molar-refractivity contribution in [3.8, 4) is 6.01 Å². The number of hydrogen-bond acceptors (Lipinski definition) is 7. The molecule has 0 unspecified atom stereocenters. The summed E-state index contributed by atoms with van der Waals surface area (Å²) in [6, 6.07) is 6.47. The van der Waals surface area contributed by atoms with E-state index in [0.717, 1.165) is 0 Å². The van der Waals surface area contributed by atoms with Crippen LogP contribution in [0.1, 0.15) is 6.92 Å². The fourth-order valence-corrected chi connectivity index (χ4v) is 1.71. The average molecular weight is 278 g/mol. The summed E-state index contributed by atoms with van der Waals surface area (Å²) < 4.78 is 18.9. The number of nitrogen functional groups attached to an aromatic ring is 1. The Morgan fingerprint density at radius 2 is 2.05 bits per heavy atom. The van der Waals surface area contributed by atoms with Crippen LogP contribution in [0.25, 0.3) is 0 Å². The van der Waals surface area contributed by atoms with Crippen molar-refractivity contribution >= 4 is 17.6 Å². The van der Waals surface area contributed by atoms with Crippen LogP contribution < -0.4 is 20.9 Å². The van der Waals surface area contributed by atoms with Gasteiger partial charge in [-0.15, -0.1) is 0 Å². The summed E-state index contributed by atoms with van der Waals surface area (Å²) in [5, 5.41) is 0. The Labute approximate surface area is 115 Å². The van der Waals surface area contributed by atoms with E-state index in [1.54, 1.807) is 23.1 Å². The maximum atomic E-state index is 13.9. The molecule has 3 N–H and O–H groups in total. The normalized spacial score (nSPS) is 10.2. The highest BCUT2D eigenvalue weighted by Crippen LogP contribution is 2.26. The van der Waals surface area contributed by atoms with E-state index in [4.69, 9.17) is 10.6 Å². The first kappa shape index (κ1) is 13.9. The molecule has 0 saturated carbocycles. The third-order valence-corrected chi connectivity index (χ3v) is 2.62. The fraction of sp³-hybridized carbons (Fsp3) is 0.250. The molecule has 0 amide bonds. The van der Waals surface area contributed by atoms with Crippen LogP contribution in [0, 0.1) is 5.82 Å². The van der Waals surface area contributed by atoms with Crippen molar-refractivity contribution < 1.29 is 9.13 Å². The number of nitrogens with zero attached hydrogens (tertiary/aromatic N) is 4. The Balaban J connectivity index is 2.49. The summed E-state index contributed by atoms with van der Waals surface area (Å²) in [7, 11) is 1.43. The van der Waals surface area contributed by atoms with Crippen LogP contribution >= 0.6 is 0 Å². The molecular formula is C12H15FN6O. The van der Waals surface area contributed by atoms with Gasteiger partial charge >= 0.3 is 6.01 Å². The van der Waals surface area contributed by atoms with E-state index in [0.29, 0.717) is 12.2 Å². The minimum atomic E-state index is -0.365. The van der Waals surface area contributed by atoms with Crippen molar-refractivity contribution in [3.63, 3.8) is 0 Å². The van der Waals surface area contributed by atoms with Crippen LogP contribution in [-0.4, -0.2) is 28.6 Å². The summed E-state index contributed by atoms with van der Waals surface area (Å²) in [5.41, 5.74) is 2.69. The molecule has 0 fully saturated rings. The topological polar surface area (TPSA) is 89.2 Å². The van der Waals surface area contributed by atoms with Gasteiger partial charge in [0.25, 0.3) is 0 Å². The highest BCUT2D eigenvalue weighted by atomic mass is 19.1. The van der Waals surface area contributed by atoms with Gasteiger partial charge in [-0.1, -0.05) is 12.1 Å². The molecule has 1 aromatic heterocycles. The number of anilines is 3. The minimum absolute atomic E-state index is 0.0951. The molecule has 20 heavy (non-hydrogen) atoms. The molecule has 1 aromatic carbocycles. The molecule has 2 aromatic rings. The largest absolute Gasteiger partial charge is 0.467 e. The second kappa shape index (κ2) is 6.11. The number of nitrogens with two attached hydrogens (primary N) is 1. The van der Waals surface area contributed by atoms with Gasteiger partial charge in [-0.05, 0) is 19.1 Å². The highest BCUT2D eigenvalue weighted by molar-refractivity contribution is 5.58. The van der Waals surface area contributed by atoms with Gasteiger partial charge in [-0.25, -0.2) is 10.2 Å². The lowest BCUT2D eigenvalue weighted by Crippen LogP contribution is -2.22. The van der Waals surface area contributed by atoms with Gasteiger partial charge in [0, 0.05) is 6.54 Å². The predicted molar refractivity (Wildman–Crippen MR) is 73.3 cm³/mol. The first-order valence-electron chi connectivity index (χ1n) is 5.98. The van der Waals surface area contributed by atoms with Crippen LogP contribution in [-0.2, 0) is 0 Å². The molecule has 0 spiro atoms. The SMILES string of the molecule is CCN(c1nc(NN)nc(OC)n1)c1ccccc1F. The number of ether oxygens (including phenoxy) is 1. The van der Waals surface area contributed by atoms with Gasteiger partial charge in [0.05, 0.1) is 12.8 Å². The first-order valence-corrected chi connectivity index (χ1v) is 5.98. The van der Waals surface area contributed by atoms with Crippen LogP contribution in [0.5, 0.6) is 6.01 Å². The molecule has 106 valence electrons. The first-order chi connectivity index (χ1) is 9.69. The zero-order chi connectivity index (χ0) is 14.5. The Hall–Kier alpha value is -2.48. The lowest BCUT2D eigenvalue weighted by molar-refractivity contribution is 0.379. The number of benzene rings is 1. The van der Waals surface area contributed by atoms with Crippen molar-refractivity contribution in [3.05, 3.63) is 30.1 Å². The molecule has 0 atom stereocenters. The monoisotopic (exact) mass is 278 g/mol. The van der Waals surface area contributed by atoms with Gasteiger partial charge in [0.2, 0.25) is 11.9 Å². The molecule has 0 aliphatic heterocycles. The maximum absolute atomic E-state index is 13.9. The number of aromatic nitrogens is 3. The molecule has 1 heterocycles. The molecule has 7 nitrogen and oxygen atoms in total.